The molecule has 34 valence electrons. The zero-order chi connectivity index (χ0) is 4.99. The van der Waals surface area contributed by atoms with Crippen molar-refractivity contribution in [2.75, 3.05) is 0 Å². The molecule has 0 aliphatic heterocycles. The maximum atomic E-state index is 9.86. The maximum absolute atomic E-state index is 9.86. The fourth-order valence-electron chi connectivity index (χ4n) is 0.0643. The minimum Gasteiger partial charge on any atom is -0.300 e. The Morgan fingerprint density at radius 1 is 2.00 bits per heavy atom. The third-order valence-electron chi connectivity index (χ3n) is 0.203. The lowest BCUT2D eigenvalue weighted by Gasteiger charge is -1.80. The first-order chi connectivity index (χ1) is 2.77. The molecule has 0 saturated carbocycles. The van der Waals surface area contributed by atoms with Crippen LogP contribution in [-0.4, -0.2) is 5.91 Å². The highest BCUT2D eigenvalue weighted by Crippen LogP contribution is 1.77. The molecule has 0 aromatic heterocycles. The summed E-state index contributed by atoms with van der Waals surface area (Å²) < 4.78 is 0. The van der Waals surface area contributed by atoms with Gasteiger partial charge in [0.1, 0.15) is 0 Å². The lowest BCUT2D eigenvalue weighted by molar-refractivity contribution is -0.117. The quantitative estimate of drug-likeness (QED) is 0.510. The zero-order valence-corrected chi connectivity index (χ0v) is 4.97. The van der Waals surface area contributed by atoms with Gasteiger partial charge in [0.15, 0.2) is 0 Å². The van der Waals surface area contributed by atoms with Crippen LogP contribution in [0.1, 0.15) is 6.92 Å². The Labute approximate surface area is 42.8 Å². The van der Waals surface area contributed by atoms with Crippen LogP contribution in [0.15, 0.2) is 0 Å². The number of rotatable bonds is 1. The standard InChI is InChI=1S/C2H4NOPS/c1-2(4)3-5-6/h1H3,(H,3,4,6). The van der Waals surface area contributed by atoms with E-state index in [2.05, 4.69) is 16.9 Å². The van der Waals surface area contributed by atoms with Crippen molar-refractivity contribution in [3.63, 3.8) is 0 Å². The lowest BCUT2D eigenvalue weighted by atomic mass is 10.8. The summed E-state index contributed by atoms with van der Waals surface area (Å²) in [4.78, 5) is 9.86. The Hall–Kier alpha value is -0.0100. The molecule has 0 rings (SSSR count). The van der Waals surface area contributed by atoms with Crippen molar-refractivity contribution in [2.45, 2.75) is 6.92 Å². The SMILES string of the molecule is CC(=O)NP=S. The molecule has 6 heavy (non-hydrogen) atoms. The Balaban J connectivity index is 3.05. The van der Waals surface area contributed by atoms with Crippen molar-refractivity contribution in [3.05, 3.63) is 0 Å². The first-order valence-corrected chi connectivity index (χ1v) is 3.27. The number of carbonyl (C=O) groups is 1. The van der Waals surface area contributed by atoms with Gasteiger partial charge in [0.25, 0.3) is 0 Å². The molecule has 0 heterocycles. The van der Waals surface area contributed by atoms with Crippen molar-refractivity contribution in [1.29, 1.82) is 0 Å². The molecular weight excluding hydrogens is 117 g/mol. The maximum Gasteiger partial charge on any atom is 0.224 e. The second-order valence-electron chi connectivity index (χ2n) is 0.759. The molecule has 4 heteroatoms. The second-order valence-corrected chi connectivity index (χ2v) is 1.71. The van der Waals surface area contributed by atoms with Crippen molar-refractivity contribution in [3.8, 4) is 0 Å². The highest BCUT2D eigenvalue weighted by Gasteiger charge is 1.77. The fraction of sp³-hybridized carbons (Fsp3) is 0.500. The normalized spacial score (nSPS) is 8.17. The van der Waals surface area contributed by atoms with Gasteiger partial charge in [0.05, 0.1) is 7.51 Å². The minimum absolute atomic E-state index is 0.0772. The molecule has 0 bridgehead atoms. The molecular formula is C2H4NOPS. The van der Waals surface area contributed by atoms with Gasteiger partial charge in [-0.1, -0.05) is 0 Å². The van der Waals surface area contributed by atoms with E-state index >= 15 is 0 Å². The van der Waals surface area contributed by atoms with Crippen molar-refractivity contribution in [2.24, 2.45) is 0 Å². The van der Waals surface area contributed by atoms with Gasteiger partial charge in [-0.3, -0.25) is 9.88 Å². The van der Waals surface area contributed by atoms with E-state index in [1.165, 1.54) is 6.92 Å². The summed E-state index contributed by atoms with van der Waals surface area (Å²) in [5, 5.41) is 2.36. The van der Waals surface area contributed by atoms with Crippen LogP contribution in [0.2, 0.25) is 0 Å². The third kappa shape index (κ3) is 3.99. The van der Waals surface area contributed by atoms with Gasteiger partial charge in [-0.15, -0.1) is 0 Å². The van der Waals surface area contributed by atoms with Gasteiger partial charge in [0.2, 0.25) is 5.91 Å². The molecule has 0 aromatic rings. The summed E-state index contributed by atoms with van der Waals surface area (Å²) >= 11 is 4.37. The van der Waals surface area contributed by atoms with Crippen LogP contribution in [0.4, 0.5) is 0 Å². The Kier molecular flexibility index (Phi) is 3.19. The first kappa shape index (κ1) is 5.99. The Bertz CT molecular complexity index is 73.9. The van der Waals surface area contributed by atoms with E-state index in [0.29, 0.717) is 7.51 Å². The molecule has 1 N–H and O–H groups in total. The van der Waals surface area contributed by atoms with Gasteiger partial charge >= 0.3 is 0 Å². The predicted octanol–water partition coefficient (Wildman–Crippen LogP) is 0.446. The van der Waals surface area contributed by atoms with E-state index in [9.17, 15) is 4.79 Å². The van der Waals surface area contributed by atoms with Crippen molar-refractivity contribution in [1.82, 2.24) is 5.09 Å². The van der Waals surface area contributed by atoms with Crippen LogP contribution in [-0.2, 0) is 16.6 Å². The van der Waals surface area contributed by atoms with E-state index in [1.807, 2.05) is 0 Å². The van der Waals surface area contributed by atoms with Crippen LogP contribution in [0.3, 0.4) is 0 Å². The molecule has 0 spiro atoms. The van der Waals surface area contributed by atoms with Gasteiger partial charge < -0.3 is 0 Å². The Morgan fingerprint density at radius 2 is 2.50 bits per heavy atom. The summed E-state index contributed by atoms with van der Waals surface area (Å²) in [6.07, 6.45) is 0. The van der Waals surface area contributed by atoms with Crippen LogP contribution in [0.25, 0.3) is 0 Å². The smallest absolute Gasteiger partial charge is 0.224 e. The number of hydrogen-bond donors (Lipinski definition) is 1. The van der Waals surface area contributed by atoms with Gasteiger partial charge in [-0.05, 0) is 11.8 Å². The monoisotopic (exact) mass is 121 g/mol. The number of hydrogen-bond acceptors (Lipinski definition) is 2. The summed E-state index contributed by atoms with van der Waals surface area (Å²) in [5.41, 5.74) is 0. The summed E-state index contributed by atoms with van der Waals surface area (Å²) in [6, 6.07) is 0. The molecule has 0 aliphatic rings. The first-order valence-electron chi connectivity index (χ1n) is 1.36. The topological polar surface area (TPSA) is 29.1 Å². The summed E-state index contributed by atoms with van der Waals surface area (Å²) in [5.74, 6) is -0.0772. The molecule has 0 fully saturated rings. The highest BCUT2D eigenvalue weighted by atomic mass is 32.4. The molecule has 0 aliphatic carbocycles. The average molecular weight is 121 g/mol. The summed E-state index contributed by atoms with van der Waals surface area (Å²) in [6.45, 7) is 1.43. The predicted molar refractivity (Wildman–Crippen MR) is 28.1 cm³/mol. The molecule has 0 aromatic carbocycles. The van der Waals surface area contributed by atoms with Gasteiger partial charge in [0, 0.05) is 6.92 Å². The largest absolute Gasteiger partial charge is 0.300 e. The van der Waals surface area contributed by atoms with E-state index < -0.39 is 0 Å². The highest BCUT2D eigenvalue weighted by molar-refractivity contribution is 7.95. The van der Waals surface area contributed by atoms with Crippen molar-refractivity contribution < 1.29 is 4.79 Å². The fourth-order valence-corrected chi connectivity index (χ4v) is 0.578. The van der Waals surface area contributed by atoms with E-state index in [0.717, 1.165) is 0 Å². The van der Waals surface area contributed by atoms with Gasteiger partial charge in [-0.2, -0.15) is 0 Å². The second kappa shape index (κ2) is 3.19. The van der Waals surface area contributed by atoms with Crippen LogP contribution >= 0.6 is 7.51 Å². The lowest BCUT2D eigenvalue weighted by Crippen LogP contribution is -2.04. The number of nitrogens with one attached hydrogen (secondary N) is 1. The van der Waals surface area contributed by atoms with Crippen LogP contribution in [0, 0.1) is 0 Å². The average Bonchev–Trinajstić information content (AvgIpc) is 1.35. The molecule has 0 atom stereocenters. The van der Waals surface area contributed by atoms with Crippen LogP contribution in [0.5, 0.6) is 0 Å². The minimum atomic E-state index is -0.0772. The van der Waals surface area contributed by atoms with Crippen LogP contribution < -0.4 is 5.09 Å². The van der Waals surface area contributed by atoms with Gasteiger partial charge in [-0.25, -0.2) is 0 Å². The molecule has 1 amide bonds. The number of carbonyl (C=O) groups excluding carboxylic acids is 1. The number of amides is 1. The van der Waals surface area contributed by atoms with E-state index in [4.69, 9.17) is 0 Å². The van der Waals surface area contributed by atoms with E-state index in [1.54, 1.807) is 0 Å². The molecule has 0 saturated heterocycles. The van der Waals surface area contributed by atoms with E-state index in [-0.39, 0.29) is 5.91 Å². The molecule has 0 radical (unpaired) electrons. The summed E-state index contributed by atoms with van der Waals surface area (Å²) in [7, 11) is 0.508. The molecule has 0 unspecified atom stereocenters. The Morgan fingerprint density at radius 3 is 2.50 bits per heavy atom. The van der Waals surface area contributed by atoms with Crippen molar-refractivity contribution >= 4 is 25.2 Å². The molecule has 2 nitrogen and oxygen atoms in total. The third-order valence-corrected chi connectivity index (χ3v) is 0.883. The zero-order valence-electron chi connectivity index (χ0n) is 3.26.